The molecule has 13 heavy (non-hydrogen) atoms. The van der Waals surface area contributed by atoms with Crippen molar-refractivity contribution in [2.75, 3.05) is 6.54 Å². The van der Waals surface area contributed by atoms with Crippen LogP contribution in [0.25, 0.3) is 0 Å². The highest BCUT2D eigenvalue weighted by molar-refractivity contribution is 5.40. The van der Waals surface area contributed by atoms with Crippen LogP contribution in [0.1, 0.15) is 24.0 Å². The second-order valence-corrected chi connectivity index (χ2v) is 4.06. The number of fused-ring (bicyclic) bond motifs is 2. The first-order valence-electron chi connectivity index (χ1n) is 4.84. The van der Waals surface area contributed by atoms with Crippen LogP contribution < -0.4 is 5.32 Å². The molecule has 2 aliphatic rings. The van der Waals surface area contributed by atoms with E-state index in [1.807, 2.05) is 6.07 Å². The van der Waals surface area contributed by atoms with Gasteiger partial charge in [-0.2, -0.15) is 0 Å². The van der Waals surface area contributed by atoms with Crippen molar-refractivity contribution >= 4 is 0 Å². The summed E-state index contributed by atoms with van der Waals surface area (Å²) in [5, 5.41) is 3.44. The predicted molar refractivity (Wildman–Crippen MR) is 49.0 cm³/mol. The van der Waals surface area contributed by atoms with E-state index in [2.05, 4.69) is 5.32 Å². The number of halogens is 1. The largest absolute Gasteiger partial charge is 0.307 e. The van der Waals surface area contributed by atoms with E-state index >= 15 is 0 Å². The molecule has 3 rings (SSSR count). The number of benzene rings is 1. The maximum absolute atomic E-state index is 13.0. The first kappa shape index (κ1) is 7.51. The molecule has 1 saturated heterocycles. The van der Waals surface area contributed by atoms with Gasteiger partial charge in [-0.15, -0.1) is 0 Å². The van der Waals surface area contributed by atoms with Crippen molar-refractivity contribution in [1.82, 2.24) is 5.32 Å². The second-order valence-electron chi connectivity index (χ2n) is 4.06. The lowest BCUT2D eigenvalue weighted by atomic mass is 9.82. The van der Waals surface area contributed by atoms with Crippen LogP contribution in [0.3, 0.4) is 0 Å². The first-order chi connectivity index (χ1) is 6.30. The Balaban J connectivity index is 2.14. The van der Waals surface area contributed by atoms with Gasteiger partial charge in [-0.3, -0.25) is 0 Å². The summed E-state index contributed by atoms with van der Waals surface area (Å²) in [4.78, 5) is 0. The van der Waals surface area contributed by atoms with Gasteiger partial charge in [0.25, 0.3) is 0 Å². The Bertz CT molecular complexity index is 355. The molecule has 1 heterocycles. The molecule has 1 nitrogen and oxygen atoms in total. The van der Waals surface area contributed by atoms with E-state index < -0.39 is 0 Å². The number of nitrogens with one attached hydrogen (secondary N) is 1. The zero-order chi connectivity index (χ0) is 8.89. The van der Waals surface area contributed by atoms with Crippen molar-refractivity contribution in [2.24, 2.45) is 0 Å². The smallest absolute Gasteiger partial charge is 0.123 e. The Hall–Kier alpha value is -0.890. The van der Waals surface area contributed by atoms with Gasteiger partial charge < -0.3 is 5.32 Å². The lowest BCUT2D eigenvalue weighted by molar-refractivity contribution is 0.209. The molecule has 1 aromatic rings. The fourth-order valence-electron chi connectivity index (χ4n) is 2.56. The van der Waals surface area contributed by atoms with E-state index in [-0.39, 0.29) is 11.4 Å². The number of hydrogen-bond donors (Lipinski definition) is 1. The van der Waals surface area contributed by atoms with Crippen molar-refractivity contribution in [3.05, 3.63) is 35.1 Å². The van der Waals surface area contributed by atoms with Crippen molar-refractivity contribution < 1.29 is 4.39 Å². The van der Waals surface area contributed by atoms with E-state index in [1.54, 1.807) is 12.1 Å². The van der Waals surface area contributed by atoms with Crippen molar-refractivity contribution in [3.63, 3.8) is 0 Å². The summed E-state index contributed by atoms with van der Waals surface area (Å²) in [5.74, 6) is -0.103. The van der Waals surface area contributed by atoms with Gasteiger partial charge in [0.2, 0.25) is 0 Å². The first-order valence-corrected chi connectivity index (χ1v) is 4.84. The average Bonchev–Trinajstić information content (AvgIpc) is 2.41. The fraction of sp³-hybridized carbons (Fsp3) is 0.455. The van der Waals surface area contributed by atoms with E-state index in [0.717, 1.165) is 19.4 Å². The summed E-state index contributed by atoms with van der Waals surface area (Å²) in [6, 6.07) is 5.20. The molecule has 0 saturated carbocycles. The molecule has 1 aromatic carbocycles. The Morgan fingerprint density at radius 1 is 1.31 bits per heavy atom. The van der Waals surface area contributed by atoms with Crippen molar-refractivity contribution in [2.45, 2.75) is 24.8 Å². The van der Waals surface area contributed by atoms with Crippen LogP contribution in [-0.4, -0.2) is 6.54 Å². The third-order valence-electron chi connectivity index (χ3n) is 3.42. The molecule has 0 radical (unpaired) electrons. The molecule has 1 atom stereocenters. The lowest BCUT2D eigenvalue weighted by Gasteiger charge is -2.41. The van der Waals surface area contributed by atoms with Gasteiger partial charge in [0, 0.05) is 5.54 Å². The molecular weight excluding hydrogens is 165 g/mol. The van der Waals surface area contributed by atoms with Crippen molar-refractivity contribution in [1.29, 1.82) is 0 Å². The summed E-state index contributed by atoms with van der Waals surface area (Å²) >= 11 is 0. The van der Waals surface area contributed by atoms with Gasteiger partial charge in [-0.1, -0.05) is 6.07 Å². The molecular formula is C11H12FN. The van der Waals surface area contributed by atoms with Gasteiger partial charge in [0.05, 0.1) is 0 Å². The van der Waals surface area contributed by atoms with Crippen LogP contribution >= 0.6 is 0 Å². The number of hydrogen-bond acceptors (Lipinski definition) is 1. The second kappa shape index (κ2) is 2.32. The summed E-state index contributed by atoms with van der Waals surface area (Å²) in [6.45, 7) is 1.08. The quantitative estimate of drug-likeness (QED) is 0.638. The van der Waals surface area contributed by atoms with E-state index in [0.29, 0.717) is 0 Å². The molecule has 1 N–H and O–H groups in total. The summed E-state index contributed by atoms with van der Waals surface area (Å²) in [6.07, 6.45) is 3.41. The van der Waals surface area contributed by atoms with Gasteiger partial charge >= 0.3 is 0 Å². The molecule has 0 amide bonds. The Morgan fingerprint density at radius 3 is 2.85 bits per heavy atom. The molecule has 1 aliphatic carbocycles. The molecule has 0 aromatic heterocycles. The van der Waals surface area contributed by atoms with E-state index in [1.165, 1.54) is 17.5 Å². The molecule has 0 bridgehead atoms. The summed E-state index contributed by atoms with van der Waals surface area (Å²) in [7, 11) is 0. The average molecular weight is 177 g/mol. The van der Waals surface area contributed by atoms with Crippen LogP contribution in [0.2, 0.25) is 0 Å². The maximum Gasteiger partial charge on any atom is 0.123 e. The molecule has 1 spiro atoms. The van der Waals surface area contributed by atoms with Crippen LogP contribution in [-0.2, 0) is 12.0 Å². The van der Waals surface area contributed by atoms with Crippen LogP contribution in [0.4, 0.5) is 4.39 Å². The highest BCUT2D eigenvalue weighted by Gasteiger charge is 2.43. The van der Waals surface area contributed by atoms with Gasteiger partial charge in [-0.25, -0.2) is 4.39 Å². The Morgan fingerprint density at radius 2 is 2.15 bits per heavy atom. The number of rotatable bonds is 0. The van der Waals surface area contributed by atoms with Gasteiger partial charge in [0.1, 0.15) is 5.82 Å². The van der Waals surface area contributed by atoms with Crippen LogP contribution in [0.5, 0.6) is 0 Å². The molecule has 1 aliphatic heterocycles. The minimum atomic E-state index is -0.103. The van der Waals surface area contributed by atoms with Crippen molar-refractivity contribution in [3.8, 4) is 0 Å². The zero-order valence-electron chi connectivity index (χ0n) is 7.44. The summed E-state index contributed by atoms with van der Waals surface area (Å²) in [5.41, 5.74) is 2.68. The third-order valence-corrected chi connectivity index (χ3v) is 3.42. The normalized spacial score (nSPS) is 30.2. The lowest BCUT2D eigenvalue weighted by Crippen LogP contribution is -2.52. The van der Waals surface area contributed by atoms with E-state index in [9.17, 15) is 4.39 Å². The fourth-order valence-corrected chi connectivity index (χ4v) is 2.56. The predicted octanol–water partition coefficient (Wildman–Crippen LogP) is 1.96. The SMILES string of the molecule is Fc1ccc2c(c1)[C@@]1(CCN1)CC2. The highest BCUT2D eigenvalue weighted by Crippen LogP contribution is 2.43. The van der Waals surface area contributed by atoms with Gasteiger partial charge in [0.15, 0.2) is 0 Å². The van der Waals surface area contributed by atoms with Gasteiger partial charge in [-0.05, 0) is 49.1 Å². The standard InChI is InChI=1S/C11H12FN/c12-9-2-1-8-3-4-11(5-6-13-11)10(8)7-9/h1-2,7,13H,3-6H2/t11-/m0/s1. The monoisotopic (exact) mass is 177 g/mol. The Labute approximate surface area is 77.0 Å². The highest BCUT2D eigenvalue weighted by atomic mass is 19.1. The van der Waals surface area contributed by atoms with E-state index in [4.69, 9.17) is 0 Å². The molecule has 0 unspecified atom stereocenters. The minimum Gasteiger partial charge on any atom is -0.307 e. The van der Waals surface area contributed by atoms with Crippen LogP contribution in [0, 0.1) is 5.82 Å². The summed E-state index contributed by atoms with van der Waals surface area (Å²) < 4.78 is 13.0. The molecule has 68 valence electrons. The Kier molecular flexibility index (Phi) is 1.34. The minimum absolute atomic E-state index is 0.103. The zero-order valence-corrected chi connectivity index (χ0v) is 7.44. The third kappa shape index (κ3) is 0.894. The topological polar surface area (TPSA) is 12.0 Å². The molecule has 2 heteroatoms. The maximum atomic E-state index is 13.0. The van der Waals surface area contributed by atoms with Crippen LogP contribution in [0.15, 0.2) is 18.2 Å². The number of aryl methyl sites for hydroxylation is 1. The molecule has 1 fully saturated rings.